The Hall–Kier alpha value is -1.59. The van der Waals surface area contributed by atoms with Crippen molar-refractivity contribution >= 4 is 17.7 Å². The van der Waals surface area contributed by atoms with Crippen LogP contribution in [-0.2, 0) is 14.4 Å². The number of hydrogen-bond acceptors (Lipinski definition) is 3. The highest BCUT2D eigenvalue weighted by Crippen LogP contribution is 2.35. The number of carbonyl (C=O) groups is 3. The van der Waals surface area contributed by atoms with Crippen molar-refractivity contribution in [1.82, 2.24) is 14.7 Å². The molecule has 3 amide bonds. The van der Waals surface area contributed by atoms with E-state index in [1.165, 1.54) is 0 Å². The second-order valence-corrected chi connectivity index (χ2v) is 10.1. The summed E-state index contributed by atoms with van der Waals surface area (Å²) in [7, 11) is 0. The van der Waals surface area contributed by atoms with Gasteiger partial charge in [0.2, 0.25) is 17.7 Å². The molecule has 28 heavy (non-hydrogen) atoms. The van der Waals surface area contributed by atoms with Gasteiger partial charge in [-0.2, -0.15) is 0 Å². The molecular weight excluding hydrogens is 354 g/mol. The molecule has 3 unspecified atom stereocenters. The SMILES string of the molecule is CC(C)C(=O)N1CCCC1C(=O)N1CCCC1C(=O)N1CCCC1C(C)(C)C. The monoisotopic (exact) mass is 391 g/mol. The third kappa shape index (κ3) is 3.92. The minimum absolute atomic E-state index is 0.0196. The highest BCUT2D eigenvalue weighted by Gasteiger charge is 2.46. The van der Waals surface area contributed by atoms with Crippen LogP contribution in [0.4, 0.5) is 0 Å². The van der Waals surface area contributed by atoms with Gasteiger partial charge in [0.15, 0.2) is 0 Å². The largest absolute Gasteiger partial charge is 0.337 e. The normalized spacial score (nSPS) is 28.5. The summed E-state index contributed by atoms with van der Waals surface area (Å²) < 4.78 is 0. The Labute approximate surface area is 169 Å². The zero-order chi connectivity index (χ0) is 20.6. The summed E-state index contributed by atoms with van der Waals surface area (Å²) in [5.74, 6) is 0.0312. The van der Waals surface area contributed by atoms with Crippen LogP contribution in [0.1, 0.15) is 73.1 Å². The van der Waals surface area contributed by atoms with Gasteiger partial charge in [0.25, 0.3) is 0 Å². The number of carbonyl (C=O) groups excluding carboxylic acids is 3. The highest BCUT2D eigenvalue weighted by atomic mass is 16.2. The van der Waals surface area contributed by atoms with E-state index in [0.29, 0.717) is 19.5 Å². The van der Waals surface area contributed by atoms with Crippen LogP contribution in [-0.4, -0.2) is 70.2 Å². The first-order chi connectivity index (χ1) is 13.1. The molecule has 3 aliphatic heterocycles. The van der Waals surface area contributed by atoms with E-state index in [0.717, 1.165) is 38.6 Å². The van der Waals surface area contributed by atoms with E-state index in [4.69, 9.17) is 0 Å². The van der Waals surface area contributed by atoms with E-state index in [1.807, 2.05) is 18.7 Å². The fraction of sp³-hybridized carbons (Fsp3) is 0.864. The second kappa shape index (κ2) is 8.03. The van der Waals surface area contributed by atoms with Crippen LogP contribution in [0.25, 0.3) is 0 Å². The van der Waals surface area contributed by atoms with Crippen LogP contribution in [0, 0.1) is 11.3 Å². The van der Waals surface area contributed by atoms with Gasteiger partial charge in [0.05, 0.1) is 0 Å². The molecule has 0 aromatic carbocycles. The lowest BCUT2D eigenvalue weighted by atomic mass is 9.85. The molecule has 0 bridgehead atoms. The molecule has 3 fully saturated rings. The first kappa shape index (κ1) is 21.1. The lowest BCUT2D eigenvalue weighted by molar-refractivity contribution is -0.150. The predicted octanol–water partition coefficient (Wildman–Crippen LogP) is 2.66. The van der Waals surface area contributed by atoms with Gasteiger partial charge in [-0.05, 0) is 43.9 Å². The molecule has 3 saturated heterocycles. The lowest BCUT2D eigenvalue weighted by Gasteiger charge is -2.38. The van der Waals surface area contributed by atoms with Gasteiger partial charge in [-0.15, -0.1) is 0 Å². The van der Waals surface area contributed by atoms with Crippen LogP contribution in [0.5, 0.6) is 0 Å². The fourth-order valence-corrected chi connectivity index (χ4v) is 5.22. The number of hydrogen-bond donors (Lipinski definition) is 0. The summed E-state index contributed by atoms with van der Waals surface area (Å²) in [4.78, 5) is 44.9. The molecule has 0 spiro atoms. The summed E-state index contributed by atoms with van der Waals surface area (Å²) in [5, 5.41) is 0. The molecule has 3 aliphatic rings. The zero-order valence-corrected chi connectivity index (χ0v) is 18.2. The third-order valence-corrected chi connectivity index (χ3v) is 6.67. The minimum Gasteiger partial charge on any atom is -0.337 e. The molecule has 158 valence electrons. The van der Waals surface area contributed by atoms with Gasteiger partial charge < -0.3 is 14.7 Å². The van der Waals surface area contributed by atoms with Gasteiger partial charge in [-0.25, -0.2) is 0 Å². The summed E-state index contributed by atoms with van der Waals surface area (Å²) in [6.45, 7) is 12.4. The van der Waals surface area contributed by atoms with E-state index >= 15 is 0 Å². The van der Waals surface area contributed by atoms with Crippen molar-refractivity contribution in [3.8, 4) is 0 Å². The van der Waals surface area contributed by atoms with Crippen molar-refractivity contribution in [1.29, 1.82) is 0 Å². The highest BCUT2D eigenvalue weighted by molar-refractivity contribution is 5.93. The molecule has 3 atom stereocenters. The van der Waals surface area contributed by atoms with E-state index in [-0.39, 0.29) is 47.2 Å². The molecule has 0 radical (unpaired) electrons. The average Bonchev–Trinajstić information content (AvgIpc) is 3.38. The molecule has 3 heterocycles. The summed E-state index contributed by atoms with van der Waals surface area (Å²) in [6.07, 6.45) is 5.25. The summed E-state index contributed by atoms with van der Waals surface area (Å²) >= 11 is 0. The molecule has 0 aromatic heterocycles. The average molecular weight is 392 g/mol. The Morgan fingerprint density at radius 1 is 0.750 bits per heavy atom. The zero-order valence-electron chi connectivity index (χ0n) is 18.2. The van der Waals surface area contributed by atoms with Crippen molar-refractivity contribution in [2.75, 3.05) is 19.6 Å². The Morgan fingerprint density at radius 3 is 1.79 bits per heavy atom. The van der Waals surface area contributed by atoms with Crippen LogP contribution >= 0.6 is 0 Å². The van der Waals surface area contributed by atoms with Crippen molar-refractivity contribution in [3.63, 3.8) is 0 Å². The minimum atomic E-state index is -0.389. The molecule has 0 aliphatic carbocycles. The maximum absolute atomic E-state index is 13.4. The smallest absolute Gasteiger partial charge is 0.246 e. The molecule has 0 aromatic rings. The summed E-state index contributed by atoms with van der Waals surface area (Å²) in [5.41, 5.74) is 0.0472. The summed E-state index contributed by atoms with van der Waals surface area (Å²) in [6, 6.07) is -0.504. The Bertz CT molecular complexity index is 625. The van der Waals surface area contributed by atoms with Crippen LogP contribution in [0.3, 0.4) is 0 Å². The predicted molar refractivity (Wildman–Crippen MR) is 108 cm³/mol. The first-order valence-corrected chi connectivity index (χ1v) is 11.0. The molecular formula is C22H37N3O3. The molecule has 6 heteroatoms. The van der Waals surface area contributed by atoms with E-state index in [9.17, 15) is 14.4 Å². The number of nitrogens with zero attached hydrogens (tertiary/aromatic N) is 3. The molecule has 0 saturated carbocycles. The van der Waals surface area contributed by atoms with Crippen LogP contribution < -0.4 is 0 Å². The number of amides is 3. The molecule has 3 rings (SSSR count). The maximum atomic E-state index is 13.4. The third-order valence-electron chi connectivity index (χ3n) is 6.67. The Balaban J connectivity index is 1.74. The first-order valence-electron chi connectivity index (χ1n) is 11.0. The topological polar surface area (TPSA) is 60.9 Å². The lowest BCUT2D eigenvalue weighted by Crippen LogP contribution is -2.55. The van der Waals surface area contributed by atoms with Gasteiger partial charge in [-0.1, -0.05) is 34.6 Å². The molecule has 6 nitrogen and oxygen atoms in total. The van der Waals surface area contributed by atoms with E-state index in [2.05, 4.69) is 20.8 Å². The van der Waals surface area contributed by atoms with Crippen molar-refractivity contribution < 1.29 is 14.4 Å². The fourth-order valence-electron chi connectivity index (χ4n) is 5.22. The standard InChI is InChI=1S/C22H37N3O3/c1-15(2)19(26)23-12-6-9-16(23)20(27)24-13-7-10-17(24)21(28)25-14-8-11-18(25)22(3,4)5/h15-18H,6-14H2,1-5H3. The van der Waals surface area contributed by atoms with Gasteiger partial charge in [0, 0.05) is 31.6 Å². The van der Waals surface area contributed by atoms with Gasteiger partial charge >= 0.3 is 0 Å². The van der Waals surface area contributed by atoms with E-state index in [1.54, 1.807) is 9.80 Å². The Morgan fingerprint density at radius 2 is 1.21 bits per heavy atom. The van der Waals surface area contributed by atoms with Crippen molar-refractivity contribution in [3.05, 3.63) is 0 Å². The van der Waals surface area contributed by atoms with Crippen LogP contribution in [0.2, 0.25) is 0 Å². The maximum Gasteiger partial charge on any atom is 0.246 e. The number of rotatable bonds is 3. The van der Waals surface area contributed by atoms with Crippen molar-refractivity contribution in [2.24, 2.45) is 11.3 Å². The van der Waals surface area contributed by atoms with E-state index < -0.39 is 0 Å². The van der Waals surface area contributed by atoms with Crippen molar-refractivity contribution in [2.45, 2.75) is 91.3 Å². The second-order valence-electron chi connectivity index (χ2n) is 10.1. The Kier molecular flexibility index (Phi) is 6.06. The van der Waals surface area contributed by atoms with Crippen LogP contribution in [0.15, 0.2) is 0 Å². The quantitative estimate of drug-likeness (QED) is 0.743. The molecule has 0 N–H and O–H groups in total. The number of likely N-dealkylation sites (tertiary alicyclic amines) is 3. The van der Waals surface area contributed by atoms with Gasteiger partial charge in [0.1, 0.15) is 12.1 Å². The van der Waals surface area contributed by atoms with Gasteiger partial charge in [-0.3, -0.25) is 14.4 Å².